The maximum absolute atomic E-state index is 14.1. The van der Waals surface area contributed by atoms with E-state index in [0.29, 0.717) is 6.54 Å². The molecule has 0 aliphatic rings. The van der Waals surface area contributed by atoms with Crippen molar-refractivity contribution in [3.8, 4) is 0 Å². The summed E-state index contributed by atoms with van der Waals surface area (Å²) in [6.07, 6.45) is 1.50. The minimum Gasteiger partial charge on any atom is -0.332 e. The highest BCUT2D eigenvalue weighted by Gasteiger charge is 2.24. The van der Waals surface area contributed by atoms with E-state index in [1.165, 1.54) is 41.3 Å². The Labute approximate surface area is 190 Å². The molecule has 2 aromatic carbocycles. The van der Waals surface area contributed by atoms with Crippen molar-refractivity contribution in [2.75, 3.05) is 13.1 Å². The van der Waals surface area contributed by atoms with Crippen molar-refractivity contribution in [1.82, 2.24) is 9.80 Å². The molecule has 3 rings (SSSR count). The van der Waals surface area contributed by atoms with Crippen LogP contribution in [0.5, 0.6) is 0 Å². The normalized spacial score (nSPS) is 10.6. The first-order valence-electron chi connectivity index (χ1n) is 10.1. The fraction of sp³-hybridized carbons (Fsp3) is 0.200. The highest BCUT2D eigenvalue weighted by Crippen LogP contribution is 2.19. The van der Waals surface area contributed by atoms with Gasteiger partial charge in [-0.05, 0) is 48.9 Å². The standard InChI is InChI=1S/C25H24F2N2O2S/c1-3-14-28(25(31)22-6-4-5-7-23(22)27)17-24(30)29(16-21-13-8-18(2)32-21)15-19-9-11-20(26)12-10-19/h3-13H,1,14-17H2,2H3. The Morgan fingerprint density at radius 1 is 0.969 bits per heavy atom. The molecule has 0 fully saturated rings. The first kappa shape index (κ1) is 23.3. The average Bonchev–Trinajstić information content (AvgIpc) is 3.19. The number of halogens is 2. The van der Waals surface area contributed by atoms with Gasteiger partial charge in [-0.25, -0.2) is 8.78 Å². The summed E-state index contributed by atoms with van der Waals surface area (Å²) in [4.78, 5) is 31.2. The summed E-state index contributed by atoms with van der Waals surface area (Å²) in [5, 5.41) is 0. The molecule has 1 aromatic heterocycles. The number of thiophene rings is 1. The lowest BCUT2D eigenvalue weighted by molar-refractivity contribution is -0.133. The minimum absolute atomic E-state index is 0.0962. The molecule has 0 radical (unpaired) electrons. The van der Waals surface area contributed by atoms with Crippen molar-refractivity contribution < 1.29 is 18.4 Å². The van der Waals surface area contributed by atoms with Crippen LogP contribution in [0.1, 0.15) is 25.7 Å². The number of rotatable bonds is 9. The van der Waals surface area contributed by atoms with Gasteiger partial charge < -0.3 is 9.80 Å². The molecule has 0 bridgehead atoms. The van der Waals surface area contributed by atoms with Gasteiger partial charge in [0.15, 0.2) is 0 Å². The Morgan fingerprint density at radius 2 is 1.69 bits per heavy atom. The molecule has 0 saturated carbocycles. The van der Waals surface area contributed by atoms with Crippen LogP contribution in [-0.2, 0) is 17.9 Å². The van der Waals surface area contributed by atoms with Crippen molar-refractivity contribution >= 4 is 23.2 Å². The third kappa shape index (κ3) is 6.11. The summed E-state index contributed by atoms with van der Waals surface area (Å²) < 4.78 is 27.5. The van der Waals surface area contributed by atoms with Gasteiger partial charge in [0.25, 0.3) is 5.91 Å². The SMILES string of the molecule is C=CCN(CC(=O)N(Cc1ccc(F)cc1)Cc1ccc(C)s1)C(=O)c1ccccc1F. The fourth-order valence-corrected chi connectivity index (χ4v) is 4.15. The molecule has 0 saturated heterocycles. The lowest BCUT2D eigenvalue weighted by Gasteiger charge is -2.27. The molecular weight excluding hydrogens is 430 g/mol. The van der Waals surface area contributed by atoms with E-state index in [9.17, 15) is 18.4 Å². The number of carbonyl (C=O) groups is 2. The summed E-state index contributed by atoms with van der Waals surface area (Å²) in [6.45, 7) is 6.11. The van der Waals surface area contributed by atoms with E-state index in [-0.39, 0.29) is 36.9 Å². The van der Waals surface area contributed by atoms with Gasteiger partial charge in [-0.15, -0.1) is 17.9 Å². The summed E-state index contributed by atoms with van der Waals surface area (Å²) in [5.41, 5.74) is 0.671. The molecule has 0 N–H and O–H groups in total. The van der Waals surface area contributed by atoms with Crippen molar-refractivity contribution in [1.29, 1.82) is 0 Å². The van der Waals surface area contributed by atoms with Crippen LogP contribution in [-0.4, -0.2) is 34.7 Å². The molecular formula is C25H24F2N2O2S. The number of carbonyl (C=O) groups excluding carboxylic acids is 2. The smallest absolute Gasteiger partial charge is 0.257 e. The van der Waals surface area contributed by atoms with Gasteiger partial charge >= 0.3 is 0 Å². The maximum atomic E-state index is 14.1. The van der Waals surface area contributed by atoms with E-state index in [0.717, 1.165) is 15.3 Å². The monoisotopic (exact) mass is 454 g/mol. The van der Waals surface area contributed by atoms with E-state index >= 15 is 0 Å². The van der Waals surface area contributed by atoms with Crippen LogP contribution < -0.4 is 0 Å². The molecule has 0 spiro atoms. The Bertz CT molecular complexity index is 1100. The highest BCUT2D eigenvalue weighted by molar-refractivity contribution is 7.11. The Balaban J connectivity index is 1.82. The first-order valence-corrected chi connectivity index (χ1v) is 10.9. The number of aryl methyl sites for hydroxylation is 1. The second kappa shape index (κ2) is 10.8. The van der Waals surface area contributed by atoms with Crippen LogP contribution in [0.25, 0.3) is 0 Å². The Hall–Kier alpha value is -3.32. The lowest BCUT2D eigenvalue weighted by atomic mass is 10.1. The predicted octanol–water partition coefficient (Wildman–Crippen LogP) is 5.19. The minimum atomic E-state index is -0.642. The molecule has 32 heavy (non-hydrogen) atoms. The molecule has 1 heterocycles. The molecule has 3 aromatic rings. The molecule has 166 valence electrons. The van der Waals surface area contributed by atoms with Crippen molar-refractivity contribution in [2.45, 2.75) is 20.0 Å². The molecule has 4 nitrogen and oxygen atoms in total. The van der Waals surface area contributed by atoms with Crippen LogP contribution in [0.15, 0.2) is 73.3 Å². The number of amides is 2. The van der Waals surface area contributed by atoms with Crippen molar-refractivity contribution in [3.05, 3.63) is 106 Å². The van der Waals surface area contributed by atoms with Gasteiger partial charge in [-0.2, -0.15) is 0 Å². The zero-order valence-electron chi connectivity index (χ0n) is 17.8. The van der Waals surface area contributed by atoms with Gasteiger partial charge in [0.1, 0.15) is 18.2 Å². The number of nitrogens with zero attached hydrogens (tertiary/aromatic N) is 2. The number of benzene rings is 2. The van der Waals surface area contributed by atoms with E-state index in [2.05, 4.69) is 6.58 Å². The van der Waals surface area contributed by atoms with E-state index in [1.54, 1.807) is 34.4 Å². The van der Waals surface area contributed by atoms with Crippen LogP contribution in [0.2, 0.25) is 0 Å². The summed E-state index contributed by atoms with van der Waals surface area (Å²) in [7, 11) is 0. The lowest BCUT2D eigenvalue weighted by Crippen LogP contribution is -2.42. The predicted molar refractivity (Wildman–Crippen MR) is 122 cm³/mol. The van der Waals surface area contributed by atoms with Crippen LogP contribution in [0.3, 0.4) is 0 Å². The van der Waals surface area contributed by atoms with Gasteiger partial charge in [-0.1, -0.05) is 30.3 Å². The third-order valence-electron chi connectivity index (χ3n) is 4.85. The number of hydrogen-bond donors (Lipinski definition) is 0. The third-order valence-corrected chi connectivity index (χ3v) is 5.83. The quantitative estimate of drug-likeness (QED) is 0.418. The van der Waals surface area contributed by atoms with Gasteiger partial charge in [-0.3, -0.25) is 9.59 Å². The fourth-order valence-electron chi connectivity index (χ4n) is 3.24. The Morgan fingerprint density at radius 3 is 2.31 bits per heavy atom. The summed E-state index contributed by atoms with van der Waals surface area (Å²) >= 11 is 1.58. The average molecular weight is 455 g/mol. The van der Waals surface area contributed by atoms with Crippen molar-refractivity contribution in [2.24, 2.45) is 0 Å². The molecule has 0 atom stereocenters. The second-order valence-corrected chi connectivity index (χ2v) is 8.72. The maximum Gasteiger partial charge on any atom is 0.257 e. The zero-order valence-corrected chi connectivity index (χ0v) is 18.6. The summed E-state index contributed by atoms with van der Waals surface area (Å²) in [6, 6.07) is 15.6. The topological polar surface area (TPSA) is 40.6 Å². The molecule has 0 aliphatic heterocycles. The van der Waals surface area contributed by atoms with Gasteiger partial charge in [0.2, 0.25) is 5.91 Å². The molecule has 0 aliphatic carbocycles. The van der Waals surface area contributed by atoms with Gasteiger partial charge in [0, 0.05) is 22.8 Å². The second-order valence-electron chi connectivity index (χ2n) is 7.34. The number of hydrogen-bond acceptors (Lipinski definition) is 3. The Kier molecular flexibility index (Phi) is 7.89. The largest absolute Gasteiger partial charge is 0.332 e. The molecule has 7 heteroatoms. The zero-order chi connectivity index (χ0) is 23.1. The van der Waals surface area contributed by atoms with Crippen LogP contribution in [0, 0.1) is 18.6 Å². The van der Waals surface area contributed by atoms with E-state index in [4.69, 9.17) is 0 Å². The highest BCUT2D eigenvalue weighted by atomic mass is 32.1. The van der Waals surface area contributed by atoms with E-state index < -0.39 is 11.7 Å². The van der Waals surface area contributed by atoms with Gasteiger partial charge in [0.05, 0.1) is 12.1 Å². The van der Waals surface area contributed by atoms with Crippen LogP contribution in [0.4, 0.5) is 8.78 Å². The molecule has 2 amide bonds. The van der Waals surface area contributed by atoms with Crippen LogP contribution >= 0.6 is 11.3 Å². The first-order chi connectivity index (χ1) is 15.4. The summed E-state index contributed by atoms with van der Waals surface area (Å²) in [5.74, 6) is -1.87. The van der Waals surface area contributed by atoms with E-state index in [1.807, 2.05) is 19.1 Å². The van der Waals surface area contributed by atoms with Crippen molar-refractivity contribution in [3.63, 3.8) is 0 Å². The molecule has 0 unspecified atom stereocenters.